The van der Waals surface area contributed by atoms with Gasteiger partial charge in [0.05, 0.1) is 19.5 Å². The Morgan fingerprint density at radius 3 is 3.06 bits per heavy atom. The van der Waals surface area contributed by atoms with E-state index in [0.717, 1.165) is 19.3 Å². The minimum Gasteiger partial charge on any atom is -0.481 e. The second kappa shape index (κ2) is 5.22. The van der Waals surface area contributed by atoms with E-state index < -0.39 is 5.97 Å². The topological polar surface area (TPSA) is 92.9 Å². The Balaban J connectivity index is 1.81. The third-order valence-electron chi connectivity index (χ3n) is 3.12. The van der Waals surface area contributed by atoms with E-state index in [9.17, 15) is 4.79 Å². The Hall–Kier alpha value is -1.50. The average Bonchev–Trinajstić information content (AvgIpc) is 2.73. The van der Waals surface area contributed by atoms with Crippen molar-refractivity contribution in [2.45, 2.75) is 38.3 Å². The van der Waals surface area contributed by atoms with Crippen molar-refractivity contribution in [1.82, 2.24) is 25.5 Å². The molecule has 7 heteroatoms. The van der Waals surface area contributed by atoms with E-state index in [0.29, 0.717) is 18.8 Å². The maximum absolute atomic E-state index is 10.9. The molecule has 1 aromatic rings. The van der Waals surface area contributed by atoms with Gasteiger partial charge in [-0.25, -0.2) is 0 Å². The maximum atomic E-state index is 10.9. The zero-order valence-corrected chi connectivity index (χ0v) is 9.83. The Kier molecular flexibility index (Phi) is 3.68. The van der Waals surface area contributed by atoms with Crippen molar-refractivity contribution in [1.29, 1.82) is 0 Å². The van der Waals surface area contributed by atoms with Crippen LogP contribution in [0.1, 0.15) is 31.5 Å². The molecule has 0 aliphatic heterocycles. The molecule has 0 radical (unpaired) electrons. The maximum Gasteiger partial charge on any atom is 0.306 e. The minimum atomic E-state index is -0.686. The van der Waals surface area contributed by atoms with E-state index in [2.05, 4.69) is 20.7 Å². The molecule has 7 nitrogen and oxygen atoms in total. The molecule has 1 aliphatic carbocycles. The molecule has 1 saturated carbocycles. The smallest absolute Gasteiger partial charge is 0.306 e. The van der Waals surface area contributed by atoms with Gasteiger partial charge in [0.15, 0.2) is 5.82 Å². The number of rotatable bonds is 4. The van der Waals surface area contributed by atoms with Crippen LogP contribution in [0.2, 0.25) is 0 Å². The molecule has 2 N–H and O–H groups in total. The van der Waals surface area contributed by atoms with Gasteiger partial charge in [-0.2, -0.15) is 4.80 Å². The highest BCUT2D eigenvalue weighted by Crippen LogP contribution is 2.24. The van der Waals surface area contributed by atoms with Crippen LogP contribution in [0.25, 0.3) is 0 Å². The van der Waals surface area contributed by atoms with Crippen molar-refractivity contribution >= 4 is 5.97 Å². The summed E-state index contributed by atoms with van der Waals surface area (Å²) in [6.45, 7) is 0.546. The van der Waals surface area contributed by atoms with E-state index in [4.69, 9.17) is 5.11 Å². The molecule has 1 aromatic heterocycles. The Bertz CT molecular complexity index is 392. The molecule has 0 spiro atoms. The molecule has 2 atom stereocenters. The van der Waals surface area contributed by atoms with Gasteiger partial charge in [-0.3, -0.25) is 4.79 Å². The fraction of sp³-hybridized carbons (Fsp3) is 0.800. The summed E-state index contributed by atoms with van der Waals surface area (Å²) in [6, 6.07) is 0.244. The first-order chi connectivity index (χ1) is 8.15. The fourth-order valence-electron chi connectivity index (χ4n) is 2.23. The molecule has 0 bridgehead atoms. The molecule has 0 saturated heterocycles. The summed E-state index contributed by atoms with van der Waals surface area (Å²) in [4.78, 5) is 12.3. The fourth-order valence-corrected chi connectivity index (χ4v) is 2.23. The van der Waals surface area contributed by atoms with Crippen molar-refractivity contribution in [3.05, 3.63) is 5.82 Å². The predicted molar refractivity (Wildman–Crippen MR) is 59.0 cm³/mol. The number of hydrogen-bond acceptors (Lipinski definition) is 5. The van der Waals surface area contributed by atoms with Crippen molar-refractivity contribution in [3.63, 3.8) is 0 Å². The number of carboxylic acids is 1. The van der Waals surface area contributed by atoms with Gasteiger partial charge in [-0.05, 0) is 24.5 Å². The number of carbonyl (C=O) groups is 1. The third kappa shape index (κ3) is 3.23. The number of nitrogens with zero attached hydrogens (tertiary/aromatic N) is 4. The average molecular weight is 239 g/mol. The van der Waals surface area contributed by atoms with Gasteiger partial charge in [0.2, 0.25) is 0 Å². The molecule has 2 rings (SSSR count). The van der Waals surface area contributed by atoms with Gasteiger partial charge in [0, 0.05) is 6.04 Å². The third-order valence-corrected chi connectivity index (χ3v) is 3.12. The largest absolute Gasteiger partial charge is 0.481 e. The molecule has 0 amide bonds. The molecular weight excluding hydrogens is 222 g/mol. The standard InChI is InChI=1S/C10H17N5O2/c1-15-13-9(12-14-15)6-11-8-4-2-3-7(5-8)10(16)17/h7-8,11H,2-6H2,1H3,(H,16,17). The van der Waals surface area contributed by atoms with E-state index in [1.165, 1.54) is 4.80 Å². The normalized spacial score (nSPS) is 24.8. The number of aryl methyl sites for hydroxylation is 1. The number of aromatic nitrogens is 4. The van der Waals surface area contributed by atoms with Crippen LogP contribution in [-0.2, 0) is 18.4 Å². The summed E-state index contributed by atoms with van der Waals surface area (Å²) in [5, 5.41) is 24.0. The van der Waals surface area contributed by atoms with E-state index in [-0.39, 0.29) is 12.0 Å². The lowest BCUT2D eigenvalue weighted by Crippen LogP contribution is -2.36. The van der Waals surface area contributed by atoms with Gasteiger partial charge >= 0.3 is 5.97 Å². The first kappa shape index (κ1) is 12.0. The zero-order chi connectivity index (χ0) is 12.3. The molecule has 94 valence electrons. The molecule has 1 aliphatic rings. The summed E-state index contributed by atoms with van der Waals surface area (Å²) >= 11 is 0. The lowest BCUT2D eigenvalue weighted by molar-refractivity contribution is -0.143. The molecule has 17 heavy (non-hydrogen) atoms. The second-order valence-corrected chi connectivity index (χ2v) is 4.47. The monoisotopic (exact) mass is 239 g/mol. The van der Waals surface area contributed by atoms with E-state index in [1.807, 2.05) is 0 Å². The highest BCUT2D eigenvalue weighted by molar-refractivity contribution is 5.70. The Morgan fingerprint density at radius 1 is 1.59 bits per heavy atom. The van der Waals surface area contributed by atoms with Crippen LogP contribution in [0.5, 0.6) is 0 Å². The molecule has 0 aromatic carbocycles. The zero-order valence-electron chi connectivity index (χ0n) is 9.83. The highest BCUT2D eigenvalue weighted by atomic mass is 16.4. The predicted octanol–water partition coefficient (Wildman–Crippen LogP) is -0.0569. The summed E-state index contributed by atoms with van der Waals surface area (Å²) in [5.74, 6) is -0.254. The van der Waals surface area contributed by atoms with Crippen LogP contribution in [0, 0.1) is 5.92 Å². The van der Waals surface area contributed by atoms with Crippen molar-refractivity contribution in [2.75, 3.05) is 0 Å². The Morgan fingerprint density at radius 2 is 2.41 bits per heavy atom. The molecule has 1 fully saturated rings. The van der Waals surface area contributed by atoms with E-state index in [1.54, 1.807) is 7.05 Å². The van der Waals surface area contributed by atoms with Crippen molar-refractivity contribution < 1.29 is 9.90 Å². The number of nitrogens with one attached hydrogen (secondary N) is 1. The van der Waals surface area contributed by atoms with Gasteiger partial charge in [0.1, 0.15) is 0 Å². The van der Waals surface area contributed by atoms with Gasteiger partial charge in [-0.15, -0.1) is 10.2 Å². The van der Waals surface area contributed by atoms with Gasteiger partial charge in [-0.1, -0.05) is 6.42 Å². The van der Waals surface area contributed by atoms with Gasteiger partial charge < -0.3 is 10.4 Å². The van der Waals surface area contributed by atoms with Crippen LogP contribution in [0.4, 0.5) is 0 Å². The van der Waals surface area contributed by atoms with E-state index >= 15 is 0 Å². The van der Waals surface area contributed by atoms with Gasteiger partial charge in [0.25, 0.3) is 0 Å². The summed E-state index contributed by atoms with van der Waals surface area (Å²) in [7, 11) is 1.72. The molecule has 1 heterocycles. The number of hydrogen-bond donors (Lipinski definition) is 2. The summed E-state index contributed by atoms with van der Waals surface area (Å²) in [6.07, 6.45) is 3.46. The van der Waals surface area contributed by atoms with Crippen LogP contribution >= 0.6 is 0 Å². The van der Waals surface area contributed by atoms with Crippen LogP contribution in [0.3, 0.4) is 0 Å². The van der Waals surface area contributed by atoms with Crippen LogP contribution in [-0.4, -0.2) is 37.3 Å². The summed E-state index contributed by atoms with van der Waals surface area (Å²) in [5.41, 5.74) is 0. The van der Waals surface area contributed by atoms with Crippen molar-refractivity contribution in [2.24, 2.45) is 13.0 Å². The second-order valence-electron chi connectivity index (χ2n) is 4.47. The number of carboxylic acid groups (broad SMARTS) is 1. The quantitative estimate of drug-likeness (QED) is 0.764. The highest BCUT2D eigenvalue weighted by Gasteiger charge is 2.26. The Labute approximate surface area is 99.2 Å². The number of tetrazole rings is 1. The lowest BCUT2D eigenvalue weighted by Gasteiger charge is -2.26. The van der Waals surface area contributed by atoms with Crippen LogP contribution in [0.15, 0.2) is 0 Å². The first-order valence-electron chi connectivity index (χ1n) is 5.84. The van der Waals surface area contributed by atoms with Crippen molar-refractivity contribution in [3.8, 4) is 0 Å². The van der Waals surface area contributed by atoms with Crippen LogP contribution < -0.4 is 5.32 Å². The first-order valence-corrected chi connectivity index (χ1v) is 5.84. The molecular formula is C10H17N5O2. The minimum absolute atomic E-state index is 0.212. The lowest BCUT2D eigenvalue weighted by atomic mass is 9.86. The molecule has 2 unspecified atom stereocenters. The number of aliphatic carboxylic acids is 1. The SMILES string of the molecule is Cn1nnc(CNC2CCCC(C(=O)O)C2)n1. The summed E-state index contributed by atoms with van der Waals surface area (Å²) < 4.78 is 0.